The molecule has 17 heavy (non-hydrogen) atoms. The third kappa shape index (κ3) is 2.67. The summed E-state index contributed by atoms with van der Waals surface area (Å²) in [6, 6.07) is 6.32. The molecule has 0 fully saturated rings. The quantitative estimate of drug-likeness (QED) is 0.854. The molecule has 0 aliphatic rings. The van der Waals surface area contributed by atoms with Crippen molar-refractivity contribution in [3.8, 4) is 0 Å². The number of aryl methyl sites for hydroxylation is 2. The molecule has 2 rings (SSSR count). The SMILES string of the molecule is Cc1cccc(C)c1Nc1nc(C(C)C)cs1. The number of aromatic nitrogens is 1. The molecule has 0 unspecified atom stereocenters. The summed E-state index contributed by atoms with van der Waals surface area (Å²) in [5.74, 6) is 0.486. The predicted octanol–water partition coefficient (Wildman–Crippen LogP) is 4.63. The number of anilines is 2. The lowest BCUT2D eigenvalue weighted by molar-refractivity contribution is 0.834. The maximum absolute atomic E-state index is 4.59. The largest absolute Gasteiger partial charge is 0.331 e. The van der Waals surface area contributed by atoms with Gasteiger partial charge < -0.3 is 5.32 Å². The summed E-state index contributed by atoms with van der Waals surface area (Å²) in [6.45, 7) is 8.56. The molecule has 0 saturated carbocycles. The number of nitrogens with zero attached hydrogens (tertiary/aromatic N) is 1. The first-order valence-electron chi connectivity index (χ1n) is 5.86. The number of benzene rings is 1. The van der Waals surface area contributed by atoms with Gasteiger partial charge in [-0.2, -0.15) is 0 Å². The van der Waals surface area contributed by atoms with E-state index in [4.69, 9.17) is 0 Å². The van der Waals surface area contributed by atoms with Crippen molar-refractivity contribution in [3.05, 3.63) is 40.4 Å². The Balaban J connectivity index is 2.25. The van der Waals surface area contributed by atoms with Crippen LogP contribution in [0.15, 0.2) is 23.6 Å². The van der Waals surface area contributed by atoms with Crippen molar-refractivity contribution >= 4 is 22.2 Å². The molecule has 0 bridgehead atoms. The zero-order valence-corrected chi connectivity index (χ0v) is 11.6. The van der Waals surface area contributed by atoms with Gasteiger partial charge in [-0.1, -0.05) is 32.0 Å². The summed E-state index contributed by atoms with van der Waals surface area (Å²) in [5, 5.41) is 6.53. The highest BCUT2D eigenvalue weighted by Crippen LogP contribution is 2.28. The van der Waals surface area contributed by atoms with E-state index in [1.165, 1.54) is 16.8 Å². The van der Waals surface area contributed by atoms with E-state index in [1.54, 1.807) is 11.3 Å². The smallest absolute Gasteiger partial charge is 0.187 e. The predicted molar refractivity (Wildman–Crippen MR) is 75.4 cm³/mol. The molecule has 3 heteroatoms. The first-order chi connectivity index (χ1) is 8.08. The number of thiazole rings is 1. The van der Waals surface area contributed by atoms with Crippen LogP contribution in [-0.2, 0) is 0 Å². The van der Waals surface area contributed by atoms with Gasteiger partial charge in [0.05, 0.1) is 5.69 Å². The molecule has 0 aliphatic carbocycles. The minimum atomic E-state index is 0.486. The highest BCUT2D eigenvalue weighted by molar-refractivity contribution is 7.13. The van der Waals surface area contributed by atoms with Gasteiger partial charge in [0.1, 0.15) is 0 Å². The van der Waals surface area contributed by atoms with E-state index < -0.39 is 0 Å². The Morgan fingerprint density at radius 1 is 1.18 bits per heavy atom. The molecule has 1 heterocycles. The molecule has 2 nitrogen and oxygen atoms in total. The van der Waals surface area contributed by atoms with Crippen molar-refractivity contribution in [1.29, 1.82) is 0 Å². The molecule has 0 saturated heterocycles. The number of nitrogens with one attached hydrogen (secondary N) is 1. The van der Waals surface area contributed by atoms with Crippen LogP contribution in [0.4, 0.5) is 10.8 Å². The Hall–Kier alpha value is -1.35. The van der Waals surface area contributed by atoms with Gasteiger partial charge in [-0.3, -0.25) is 0 Å². The highest BCUT2D eigenvalue weighted by Gasteiger charge is 2.08. The first kappa shape index (κ1) is 12.1. The van der Waals surface area contributed by atoms with E-state index in [0.29, 0.717) is 5.92 Å². The standard InChI is InChI=1S/C14H18N2S/c1-9(2)12-8-17-14(15-12)16-13-10(3)6-5-7-11(13)4/h5-9H,1-4H3,(H,15,16). The van der Waals surface area contributed by atoms with E-state index in [9.17, 15) is 0 Å². The highest BCUT2D eigenvalue weighted by atomic mass is 32.1. The molecule has 0 aliphatic heterocycles. The average Bonchev–Trinajstić information content (AvgIpc) is 2.72. The van der Waals surface area contributed by atoms with E-state index in [2.05, 4.69) is 61.6 Å². The van der Waals surface area contributed by atoms with Crippen molar-refractivity contribution in [2.24, 2.45) is 0 Å². The van der Waals surface area contributed by atoms with Gasteiger partial charge in [-0.25, -0.2) is 4.98 Å². The summed E-state index contributed by atoms with van der Waals surface area (Å²) in [4.78, 5) is 4.59. The van der Waals surface area contributed by atoms with Gasteiger partial charge in [0.25, 0.3) is 0 Å². The lowest BCUT2D eigenvalue weighted by Crippen LogP contribution is -1.96. The number of hydrogen-bond donors (Lipinski definition) is 1. The van der Waals surface area contributed by atoms with Crippen LogP contribution in [0.2, 0.25) is 0 Å². The maximum atomic E-state index is 4.59. The second-order valence-corrected chi connectivity index (χ2v) is 5.48. The fourth-order valence-corrected chi connectivity index (χ4v) is 2.60. The van der Waals surface area contributed by atoms with Crippen LogP contribution < -0.4 is 5.32 Å². The van der Waals surface area contributed by atoms with Crippen LogP contribution >= 0.6 is 11.3 Å². The molecule has 0 atom stereocenters. The Morgan fingerprint density at radius 2 is 1.82 bits per heavy atom. The average molecular weight is 246 g/mol. The lowest BCUT2D eigenvalue weighted by atomic mass is 10.1. The fraction of sp³-hybridized carbons (Fsp3) is 0.357. The first-order valence-corrected chi connectivity index (χ1v) is 6.74. The lowest BCUT2D eigenvalue weighted by Gasteiger charge is -2.09. The summed E-state index contributed by atoms with van der Waals surface area (Å²) in [5.41, 5.74) is 4.85. The molecule has 0 amide bonds. The van der Waals surface area contributed by atoms with Crippen molar-refractivity contribution in [2.75, 3.05) is 5.32 Å². The minimum Gasteiger partial charge on any atom is -0.331 e. The second-order valence-electron chi connectivity index (χ2n) is 4.62. The molecule has 1 aromatic heterocycles. The molecule has 1 aromatic carbocycles. The zero-order chi connectivity index (χ0) is 12.4. The summed E-state index contributed by atoms with van der Waals surface area (Å²) >= 11 is 1.67. The Bertz CT molecular complexity index is 494. The van der Waals surface area contributed by atoms with Gasteiger partial charge in [0, 0.05) is 11.1 Å². The van der Waals surface area contributed by atoms with Gasteiger partial charge in [-0.15, -0.1) is 11.3 Å². The van der Waals surface area contributed by atoms with Crippen LogP contribution in [-0.4, -0.2) is 4.98 Å². The molecular formula is C14H18N2S. The topological polar surface area (TPSA) is 24.9 Å². The van der Waals surface area contributed by atoms with E-state index in [0.717, 1.165) is 10.8 Å². The van der Waals surface area contributed by atoms with E-state index >= 15 is 0 Å². The summed E-state index contributed by atoms with van der Waals surface area (Å²) in [7, 11) is 0. The van der Waals surface area contributed by atoms with Gasteiger partial charge in [0.15, 0.2) is 5.13 Å². The molecular weight excluding hydrogens is 228 g/mol. The Morgan fingerprint density at radius 3 is 2.35 bits per heavy atom. The number of hydrogen-bond acceptors (Lipinski definition) is 3. The third-order valence-electron chi connectivity index (χ3n) is 2.83. The van der Waals surface area contributed by atoms with Crippen molar-refractivity contribution in [2.45, 2.75) is 33.6 Å². The van der Waals surface area contributed by atoms with Gasteiger partial charge in [-0.05, 0) is 30.9 Å². The molecule has 2 aromatic rings. The van der Waals surface area contributed by atoms with E-state index in [1.807, 2.05) is 0 Å². The second kappa shape index (κ2) is 4.88. The third-order valence-corrected chi connectivity index (χ3v) is 3.60. The Labute approximate surface area is 107 Å². The van der Waals surface area contributed by atoms with Crippen LogP contribution in [0.5, 0.6) is 0 Å². The molecule has 0 radical (unpaired) electrons. The maximum Gasteiger partial charge on any atom is 0.187 e. The van der Waals surface area contributed by atoms with Crippen LogP contribution in [0.25, 0.3) is 0 Å². The van der Waals surface area contributed by atoms with Gasteiger partial charge in [0.2, 0.25) is 0 Å². The minimum absolute atomic E-state index is 0.486. The van der Waals surface area contributed by atoms with Crippen LogP contribution in [0, 0.1) is 13.8 Å². The fourth-order valence-electron chi connectivity index (χ4n) is 1.73. The van der Waals surface area contributed by atoms with Gasteiger partial charge >= 0.3 is 0 Å². The van der Waals surface area contributed by atoms with Crippen molar-refractivity contribution in [3.63, 3.8) is 0 Å². The summed E-state index contributed by atoms with van der Waals surface area (Å²) < 4.78 is 0. The van der Waals surface area contributed by atoms with Crippen molar-refractivity contribution < 1.29 is 0 Å². The van der Waals surface area contributed by atoms with Crippen LogP contribution in [0.1, 0.15) is 36.6 Å². The summed E-state index contributed by atoms with van der Waals surface area (Å²) in [6.07, 6.45) is 0. The van der Waals surface area contributed by atoms with Crippen molar-refractivity contribution in [1.82, 2.24) is 4.98 Å². The van der Waals surface area contributed by atoms with E-state index in [-0.39, 0.29) is 0 Å². The molecule has 0 spiro atoms. The Kier molecular flexibility index (Phi) is 3.48. The van der Waals surface area contributed by atoms with Crippen LogP contribution in [0.3, 0.4) is 0 Å². The zero-order valence-electron chi connectivity index (χ0n) is 10.7. The molecule has 1 N–H and O–H groups in total. The molecule has 90 valence electrons. The number of para-hydroxylation sites is 1. The monoisotopic (exact) mass is 246 g/mol. The normalized spacial score (nSPS) is 10.9. The number of rotatable bonds is 3.